The van der Waals surface area contributed by atoms with E-state index >= 15 is 0 Å². The van der Waals surface area contributed by atoms with Crippen molar-refractivity contribution in [2.24, 2.45) is 17.8 Å². The molecular formula is C23H23N5O2S. The summed E-state index contributed by atoms with van der Waals surface area (Å²) in [4.78, 5) is 27.9. The molecule has 1 aromatic carbocycles. The zero-order valence-electron chi connectivity index (χ0n) is 17.3. The van der Waals surface area contributed by atoms with Crippen LogP contribution in [-0.2, 0) is 5.41 Å². The molecule has 4 saturated carbocycles. The van der Waals surface area contributed by atoms with Gasteiger partial charge in [0, 0.05) is 5.41 Å². The van der Waals surface area contributed by atoms with Crippen LogP contribution in [0.5, 0.6) is 0 Å². The van der Waals surface area contributed by atoms with E-state index in [4.69, 9.17) is 5.10 Å². The van der Waals surface area contributed by atoms with Gasteiger partial charge in [0.25, 0.3) is 11.8 Å². The maximum atomic E-state index is 12.9. The lowest BCUT2D eigenvalue weighted by atomic mass is 9.49. The number of benzene rings is 1. The van der Waals surface area contributed by atoms with E-state index in [0.717, 1.165) is 33.5 Å². The highest BCUT2D eigenvalue weighted by Gasteiger charge is 2.54. The van der Waals surface area contributed by atoms with Gasteiger partial charge in [-0.2, -0.15) is 9.61 Å². The topological polar surface area (TPSA) is 80.5 Å². The van der Waals surface area contributed by atoms with Gasteiger partial charge in [-0.1, -0.05) is 23.5 Å². The van der Waals surface area contributed by atoms with Crippen LogP contribution in [0.15, 0.2) is 24.3 Å². The first-order valence-electron chi connectivity index (χ1n) is 11.2. The fourth-order valence-corrected chi connectivity index (χ4v) is 8.07. The number of hydrogen-bond donors (Lipinski definition) is 0. The van der Waals surface area contributed by atoms with Crippen molar-refractivity contribution in [2.45, 2.75) is 56.9 Å². The molecule has 1 atom stereocenters. The van der Waals surface area contributed by atoms with Crippen molar-refractivity contribution in [2.75, 3.05) is 0 Å². The van der Waals surface area contributed by atoms with Crippen LogP contribution in [-0.4, -0.2) is 36.5 Å². The van der Waals surface area contributed by atoms with Crippen LogP contribution < -0.4 is 0 Å². The summed E-state index contributed by atoms with van der Waals surface area (Å²) in [5.74, 6) is 2.94. The Morgan fingerprint density at radius 1 is 0.968 bits per heavy atom. The van der Waals surface area contributed by atoms with Gasteiger partial charge in [-0.15, -0.1) is 10.2 Å². The average molecular weight is 434 g/mol. The highest BCUT2D eigenvalue weighted by molar-refractivity contribution is 7.16. The summed E-state index contributed by atoms with van der Waals surface area (Å²) >= 11 is 1.43. The number of carbonyl (C=O) groups is 2. The molecule has 4 aliphatic carbocycles. The smallest absolute Gasteiger partial charge is 0.262 e. The van der Waals surface area contributed by atoms with Crippen molar-refractivity contribution >= 4 is 28.1 Å². The molecule has 158 valence electrons. The van der Waals surface area contributed by atoms with Crippen molar-refractivity contribution in [3.05, 3.63) is 46.2 Å². The minimum absolute atomic E-state index is 0.0955. The summed E-state index contributed by atoms with van der Waals surface area (Å²) in [5.41, 5.74) is 1.03. The van der Waals surface area contributed by atoms with E-state index in [0.29, 0.717) is 11.1 Å². The number of hydrogen-bond acceptors (Lipinski definition) is 6. The van der Waals surface area contributed by atoms with Crippen LogP contribution in [0.2, 0.25) is 0 Å². The molecule has 8 heteroatoms. The van der Waals surface area contributed by atoms with Crippen molar-refractivity contribution in [3.63, 3.8) is 0 Å². The van der Waals surface area contributed by atoms with Gasteiger partial charge >= 0.3 is 0 Å². The van der Waals surface area contributed by atoms with Crippen LogP contribution in [0.3, 0.4) is 0 Å². The van der Waals surface area contributed by atoms with E-state index in [9.17, 15) is 9.59 Å². The molecule has 0 N–H and O–H groups in total. The highest BCUT2D eigenvalue weighted by atomic mass is 32.1. The van der Waals surface area contributed by atoms with Crippen molar-refractivity contribution in [1.82, 2.24) is 24.7 Å². The molecule has 3 aromatic rings. The van der Waals surface area contributed by atoms with Gasteiger partial charge in [0.15, 0.2) is 5.82 Å². The fourth-order valence-electron chi connectivity index (χ4n) is 7.19. The molecule has 5 aliphatic rings. The molecule has 4 bridgehead atoms. The van der Waals surface area contributed by atoms with Crippen molar-refractivity contribution < 1.29 is 9.59 Å². The Labute approximate surface area is 183 Å². The second-order valence-corrected chi connectivity index (χ2v) is 11.0. The molecule has 1 unspecified atom stereocenters. The zero-order chi connectivity index (χ0) is 20.9. The standard InChI is InChI=1S/C23H23N5O2S/c1-12(27-19(29)16-4-2-3-5-17(16)20(27)30)18-26-28-21(24-25-22(28)31-18)23-9-13-6-14(10-23)8-15(7-13)11-23/h2-5,12-15H,6-11H2,1H3. The van der Waals surface area contributed by atoms with Gasteiger partial charge in [0.1, 0.15) is 5.01 Å². The third kappa shape index (κ3) is 2.37. The Kier molecular flexibility index (Phi) is 3.48. The van der Waals surface area contributed by atoms with Crippen LogP contribution >= 0.6 is 11.3 Å². The van der Waals surface area contributed by atoms with Gasteiger partial charge in [0.05, 0.1) is 17.2 Å². The summed E-state index contributed by atoms with van der Waals surface area (Å²) in [6.07, 6.45) is 7.71. The molecule has 0 radical (unpaired) electrons. The van der Waals surface area contributed by atoms with E-state index in [-0.39, 0.29) is 17.2 Å². The Bertz CT molecular complexity index is 1190. The van der Waals surface area contributed by atoms with Gasteiger partial charge in [-0.3, -0.25) is 14.5 Å². The lowest BCUT2D eigenvalue weighted by Gasteiger charge is -2.55. The summed E-state index contributed by atoms with van der Waals surface area (Å²) < 4.78 is 1.92. The monoisotopic (exact) mass is 433 g/mol. The van der Waals surface area contributed by atoms with Crippen molar-refractivity contribution in [3.8, 4) is 0 Å². The molecule has 4 fully saturated rings. The van der Waals surface area contributed by atoms with Crippen LogP contribution in [0.25, 0.3) is 4.96 Å². The Hall–Kier alpha value is -2.61. The van der Waals surface area contributed by atoms with Crippen LogP contribution in [0, 0.1) is 17.8 Å². The molecule has 0 spiro atoms. The molecular weight excluding hydrogens is 410 g/mol. The predicted molar refractivity (Wildman–Crippen MR) is 114 cm³/mol. The number of aromatic nitrogens is 4. The van der Waals surface area contributed by atoms with Gasteiger partial charge in [-0.25, -0.2) is 0 Å². The Morgan fingerprint density at radius 3 is 2.13 bits per heavy atom. The van der Waals surface area contributed by atoms with Crippen LogP contribution in [0.4, 0.5) is 0 Å². The summed E-state index contributed by atoms with van der Waals surface area (Å²) in [7, 11) is 0. The quantitative estimate of drug-likeness (QED) is 0.583. The molecule has 0 saturated heterocycles. The average Bonchev–Trinajstić information content (AvgIpc) is 3.39. The Morgan fingerprint density at radius 2 is 1.55 bits per heavy atom. The molecule has 8 rings (SSSR count). The lowest BCUT2D eigenvalue weighted by molar-refractivity contribution is -0.0103. The van der Waals surface area contributed by atoms with Crippen molar-refractivity contribution in [1.29, 1.82) is 0 Å². The lowest BCUT2D eigenvalue weighted by Crippen LogP contribution is -2.49. The third-order valence-electron chi connectivity index (χ3n) is 8.09. The van der Waals surface area contributed by atoms with E-state index in [1.807, 2.05) is 11.4 Å². The molecule has 1 aliphatic heterocycles. The second kappa shape index (κ2) is 6.00. The summed E-state index contributed by atoms with van der Waals surface area (Å²) in [6.45, 7) is 1.87. The van der Waals surface area contributed by atoms with Gasteiger partial charge < -0.3 is 0 Å². The second-order valence-electron chi connectivity index (χ2n) is 10.1. The Balaban J connectivity index is 1.26. The largest absolute Gasteiger partial charge is 0.269 e. The van der Waals surface area contributed by atoms with Crippen LogP contribution in [0.1, 0.15) is 83.0 Å². The zero-order valence-corrected chi connectivity index (χ0v) is 18.1. The number of carbonyl (C=O) groups excluding carboxylic acids is 2. The highest BCUT2D eigenvalue weighted by Crippen LogP contribution is 2.60. The first kappa shape index (κ1) is 18.0. The van der Waals surface area contributed by atoms with E-state index in [1.54, 1.807) is 24.3 Å². The van der Waals surface area contributed by atoms with E-state index in [2.05, 4.69) is 10.2 Å². The molecule has 3 heterocycles. The third-order valence-corrected chi connectivity index (χ3v) is 9.16. The SMILES string of the molecule is CC(c1nn2c(C34CC5CC(CC(C5)C3)C4)nnc2s1)N1C(=O)c2ccccc2C1=O. The minimum atomic E-state index is -0.441. The number of fused-ring (bicyclic) bond motifs is 2. The maximum Gasteiger partial charge on any atom is 0.262 e. The molecule has 31 heavy (non-hydrogen) atoms. The predicted octanol–water partition coefficient (Wildman–Crippen LogP) is 4.01. The normalized spacial score (nSPS) is 32.3. The summed E-state index contributed by atoms with van der Waals surface area (Å²) in [5, 5.41) is 14.7. The fraction of sp³-hybridized carbons (Fsp3) is 0.522. The first-order chi connectivity index (χ1) is 15.0. The summed E-state index contributed by atoms with van der Waals surface area (Å²) in [6, 6.07) is 6.57. The minimum Gasteiger partial charge on any atom is -0.269 e. The number of nitrogens with zero attached hydrogens (tertiary/aromatic N) is 5. The maximum absolute atomic E-state index is 12.9. The molecule has 7 nitrogen and oxygen atoms in total. The van der Waals surface area contributed by atoms with E-state index in [1.165, 1.54) is 54.8 Å². The number of rotatable bonds is 3. The molecule has 2 aromatic heterocycles. The number of amides is 2. The van der Waals surface area contributed by atoms with E-state index < -0.39 is 6.04 Å². The molecule has 2 amide bonds. The first-order valence-corrected chi connectivity index (χ1v) is 12.0. The number of imide groups is 1. The van der Waals surface area contributed by atoms with Gasteiger partial charge in [0.2, 0.25) is 4.96 Å². The van der Waals surface area contributed by atoms with Gasteiger partial charge in [-0.05, 0) is 75.3 Å².